The number of benzene rings is 1. The maximum atomic E-state index is 11.4. The number of Topliss-reactive ketones (excluding diaryl/α,β-unsaturated/α-hetero) is 1. The molecule has 0 aliphatic heterocycles. The number of carboxylic acid groups (broad SMARTS) is 1. The Morgan fingerprint density at radius 3 is 2.70 bits per heavy atom. The van der Waals surface area contributed by atoms with Crippen LogP contribution in [0, 0.1) is 0 Å². The van der Waals surface area contributed by atoms with Crippen LogP contribution in [0.15, 0.2) is 29.6 Å². The largest absolute Gasteiger partial charge is 0.475 e. The van der Waals surface area contributed by atoms with Gasteiger partial charge in [-0.15, -0.1) is 0 Å². The Bertz CT molecular complexity index is 804. The van der Waals surface area contributed by atoms with Gasteiger partial charge in [-0.1, -0.05) is 23.5 Å². The van der Waals surface area contributed by atoms with Crippen LogP contribution in [0.3, 0.4) is 0 Å². The van der Waals surface area contributed by atoms with E-state index in [0.29, 0.717) is 0 Å². The minimum atomic E-state index is -1.54. The van der Waals surface area contributed by atoms with E-state index in [1.807, 2.05) is 24.3 Å². The molecule has 0 bridgehead atoms. The lowest BCUT2D eigenvalue weighted by Crippen LogP contribution is -2.12. The van der Waals surface area contributed by atoms with Gasteiger partial charge in [0, 0.05) is 0 Å². The Morgan fingerprint density at radius 2 is 2.00 bits per heavy atom. The quantitative estimate of drug-likeness (QED) is 0.437. The molecule has 2 aromatic heterocycles. The molecule has 3 rings (SSSR count). The van der Waals surface area contributed by atoms with Crippen molar-refractivity contribution in [3.8, 4) is 4.34 Å². The number of nitrogens with zero attached hydrogens (tertiary/aromatic N) is 2. The molecule has 0 saturated carbocycles. The maximum absolute atomic E-state index is 11.4. The van der Waals surface area contributed by atoms with Gasteiger partial charge in [0.2, 0.25) is 0 Å². The fourth-order valence-corrected chi connectivity index (χ4v) is 4.57. The predicted molar refractivity (Wildman–Crippen MR) is 77.6 cm³/mol. The first-order valence-electron chi connectivity index (χ1n) is 5.48. The van der Waals surface area contributed by atoms with Crippen molar-refractivity contribution >= 4 is 48.9 Å². The van der Waals surface area contributed by atoms with Crippen LogP contribution in [0.4, 0.5) is 5.13 Å². The molecule has 0 amide bonds. The van der Waals surface area contributed by atoms with Gasteiger partial charge in [0.25, 0.3) is 5.78 Å². The summed E-state index contributed by atoms with van der Waals surface area (Å²) in [5, 5.41) is 10.4. The van der Waals surface area contributed by atoms with Gasteiger partial charge in [0.15, 0.2) is 11.1 Å². The Kier molecular flexibility index (Phi) is 2.96. The highest BCUT2D eigenvalue weighted by Crippen LogP contribution is 2.41. The first-order valence-corrected chi connectivity index (χ1v) is 7.59. The summed E-state index contributed by atoms with van der Waals surface area (Å²) >= 11 is 1.46. The molecule has 1 unspecified atom stereocenters. The van der Waals surface area contributed by atoms with E-state index in [9.17, 15) is 9.59 Å². The molecule has 1 atom stereocenters. The van der Waals surface area contributed by atoms with Crippen molar-refractivity contribution in [2.75, 3.05) is 5.73 Å². The van der Waals surface area contributed by atoms with E-state index in [0.717, 1.165) is 14.6 Å². The minimum Gasteiger partial charge on any atom is -0.475 e. The molecule has 0 radical (unpaired) electrons. The zero-order valence-electron chi connectivity index (χ0n) is 9.94. The first-order chi connectivity index (χ1) is 9.56. The molecular weight excluding hydrogens is 298 g/mol. The van der Waals surface area contributed by atoms with E-state index >= 15 is 0 Å². The highest BCUT2D eigenvalue weighted by Gasteiger charge is 2.29. The molecular formula is C12H8N3O3S2+. The molecule has 3 N–H and O–H groups in total. The summed E-state index contributed by atoms with van der Waals surface area (Å²) in [5.41, 5.74) is 6.51. The summed E-state index contributed by atoms with van der Waals surface area (Å²) < 4.78 is 1.73. The Balaban J connectivity index is 2.10. The Hall–Kier alpha value is -2.32. The molecule has 0 aliphatic rings. The van der Waals surface area contributed by atoms with Crippen LogP contribution >= 0.6 is 21.8 Å². The Morgan fingerprint density at radius 1 is 1.25 bits per heavy atom. The molecule has 20 heavy (non-hydrogen) atoms. The zero-order valence-corrected chi connectivity index (χ0v) is 11.6. The predicted octanol–water partition coefficient (Wildman–Crippen LogP) is 2.28. The zero-order chi connectivity index (χ0) is 14.3. The second kappa shape index (κ2) is 4.66. The third-order valence-electron chi connectivity index (χ3n) is 2.57. The van der Waals surface area contributed by atoms with Crippen molar-refractivity contribution in [1.82, 2.24) is 9.97 Å². The van der Waals surface area contributed by atoms with Gasteiger partial charge in [0.05, 0.1) is 20.7 Å². The summed E-state index contributed by atoms with van der Waals surface area (Å²) in [6, 6.07) is 7.62. The number of hydrogen-bond donors (Lipinski definition) is 2. The second-order valence-corrected chi connectivity index (χ2v) is 6.88. The number of nitrogens with two attached hydrogens (primary N) is 1. The van der Waals surface area contributed by atoms with Gasteiger partial charge < -0.3 is 10.8 Å². The number of hydrogen-bond acceptors (Lipinski definition) is 6. The summed E-state index contributed by atoms with van der Waals surface area (Å²) in [6.07, 6.45) is 0. The van der Waals surface area contributed by atoms with Gasteiger partial charge in [-0.3, -0.25) is 4.79 Å². The summed E-state index contributed by atoms with van der Waals surface area (Å²) in [6.45, 7) is 0. The van der Waals surface area contributed by atoms with E-state index in [-0.39, 0.29) is 10.8 Å². The molecule has 0 saturated heterocycles. The van der Waals surface area contributed by atoms with E-state index in [4.69, 9.17) is 10.8 Å². The molecule has 6 nitrogen and oxygen atoms in total. The first kappa shape index (κ1) is 12.7. The SMILES string of the molecule is Nc1nc(C(=O)C(=O)O)c[s+]1-c1nc2ccccc2s1. The third-order valence-corrected chi connectivity index (χ3v) is 5.66. The molecule has 1 aromatic carbocycles. The fraction of sp³-hybridized carbons (Fsp3) is 0. The van der Waals surface area contributed by atoms with E-state index < -0.39 is 22.2 Å². The number of para-hydroxylation sites is 1. The number of ketones is 1. The van der Waals surface area contributed by atoms with Crippen molar-refractivity contribution in [1.29, 1.82) is 0 Å². The second-order valence-electron chi connectivity index (χ2n) is 3.87. The highest BCUT2D eigenvalue weighted by atomic mass is 32.2. The van der Waals surface area contributed by atoms with Crippen LogP contribution in [0.1, 0.15) is 10.5 Å². The average Bonchev–Trinajstić information content (AvgIpc) is 3.00. The number of thiazole rings is 2. The summed E-state index contributed by atoms with van der Waals surface area (Å²) in [5.74, 6) is -2.59. The van der Waals surface area contributed by atoms with Crippen LogP contribution in [-0.2, 0) is 4.79 Å². The normalized spacial score (nSPS) is 11.7. The number of anilines is 1. The van der Waals surface area contributed by atoms with Crippen LogP contribution in [-0.4, -0.2) is 26.8 Å². The number of fused-ring (bicyclic) bond motifs is 1. The van der Waals surface area contributed by atoms with Crippen molar-refractivity contribution in [3.63, 3.8) is 0 Å². The van der Waals surface area contributed by atoms with Gasteiger partial charge in [-0.05, 0) is 12.1 Å². The summed E-state index contributed by atoms with van der Waals surface area (Å²) in [7, 11) is -0.746. The van der Waals surface area contributed by atoms with E-state index in [2.05, 4.69) is 9.97 Å². The topological polar surface area (TPSA) is 106 Å². The molecule has 8 heteroatoms. The van der Waals surface area contributed by atoms with Crippen molar-refractivity contribution in [2.24, 2.45) is 0 Å². The number of nitrogen functional groups attached to an aromatic ring is 1. The number of aromatic nitrogens is 2. The molecule has 0 aliphatic carbocycles. The van der Waals surface area contributed by atoms with Crippen LogP contribution < -0.4 is 5.73 Å². The number of rotatable bonds is 3. The number of carbonyl (C=O) groups excluding carboxylic acids is 1. The minimum absolute atomic E-state index is 0.127. The maximum Gasteiger partial charge on any atom is 0.379 e. The van der Waals surface area contributed by atoms with Gasteiger partial charge in [0.1, 0.15) is 0 Å². The van der Waals surface area contributed by atoms with Gasteiger partial charge in [-0.25, -0.2) is 4.79 Å². The highest BCUT2D eigenvalue weighted by molar-refractivity contribution is 7.52. The molecule has 3 aromatic rings. The Labute approximate surface area is 119 Å². The lowest BCUT2D eigenvalue weighted by atomic mass is 10.3. The number of carboxylic acids is 1. The lowest BCUT2D eigenvalue weighted by Gasteiger charge is -1.82. The lowest BCUT2D eigenvalue weighted by molar-refractivity contribution is -0.131. The van der Waals surface area contributed by atoms with Crippen LogP contribution in [0.2, 0.25) is 0 Å². The number of aliphatic carboxylic acids is 1. The van der Waals surface area contributed by atoms with Gasteiger partial charge in [-0.2, -0.15) is 9.97 Å². The van der Waals surface area contributed by atoms with Crippen molar-refractivity contribution < 1.29 is 14.7 Å². The van der Waals surface area contributed by atoms with E-state index in [1.54, 1.807) is 0 Å². The molecule has 2 heterocycles. The van der Waals surface area contributed by atoms with E-state index in [1.165, 1.54) is 16.7 Å². The molecule has 0 fully saturated rings. The smallest absolute Gasteiger partial charge is 0.379 e. The number of carbonyl (C=O) groups is 2. The average molecular weight is 306 g/mol. The standard InChI is InChI=1S/C12H7N3O3S2/c13-11-14-7(9(16)10(17)18)5-20(11)12-15-6-3-1-2-4-8(6)19-12/h1-5H,(H2-,13,14,17,18)/p+1. The van der Waals surface area contributed by atoms with Crippen LogP contribution in [0.5, 0.6) is 0 Å². The monoisotopic (exact) mass is 306 g/mol. The molecule has 0 spiro atoms. The molecule has 100 valence electrons. The third kappa shape index (κ3) is 2.04. The van der Waals surface area contributed by atoms with Gasteiger partial charge >= 0.3 is 15.4 Å². The fourth-order valence-electron chi connectivity index (χ4n) is 1.67. The van der Waals surface area contributed by atoms with Crippen molar-refractivity contribution in [2.45, 2.75) is 0 Å². The van der Waals surface area contributed by atoms with Crippen molar-refractivity contribution in [3.05, 3.63) is 35.3 Å². The van der Waals surface area contributed by atoms with Crippen LogP contribution in [0.25, 0.3) is 14.6 Å². The summed E-state index contributed by atoms with van der Waals surface area (Å²) in [4.78, 5) is 30.4.